The normalized spacial score (nSPS) is 19.9. The molecule has 18 heavy (non-hydrogen) atoms. The highest BCUT2D eigenvalue weighted by Gasteiger charge is 2.34. The fourth-order valence-corrected chi connectivity index (χ4v) is 2.89. The van der Waals surface area contributed by atoms with Gasteiger partial charge in [0, 0.05) is 23.5 Å². The second-order valence-corrected chi connectivity index (χ2v) is 6.19. The largest absolute Gasteiger partial charge is 0.390 e. The predicted molar refractivity (Wildman–Crippen MR) is 75.5 cm³/mol. The third-order valence-electron chi connectivity index (χ3n) is 3.63. The van der Waals surface area contributed by atoms with Crippen LogP contribution in [0.5, 0.6) is 0 Å². The number of benzene rings is 1. The van der Waals surface area contributed by atoms with Crippen molar-refractivity contribution in [1.29, 1.82) is 5.26 Å². The summed E-state index contributed by atoms with van der Waals surface area (Å²) in [5.41, 5.74) is 0.973. The number of anilines is 1. The van der Waals surface area contributed by atoms with Crippen LogP contribution in [-0.2, 0) is 0 Å². The average molecular weight is 309 g/mol. The molecule has 1 aliphatic heterocycles. The molecule has 1 heterocycles. The van der Waals surface area contributed by atoms with Crippen LogP contribution in [0.25, 0.3) is 0 Å². The first-order chi connectivity index (χ1) is 8.43. The van der Waals surface area contributed by atoms with E-state index in [1.807, 2.05) is 32.0 Å². The van der Waals surface area contributed by atoms with Gasteiger partial charge >= 0.3 is 0 Å². The minimum Gasteiger partial charge on any atom is -0.390 e. The summed E-state index contributed by atoms with van der Waals surface area (Å²) >= 11 is 3.41. The van der Waals surface area contributed by atoms with E-state index in [0.717, 1.165) is 29.7 Å². The summed E-state index contributed by atoms with van der Waals surface area (Å²) < 4.78 is 0.828. The maximum atomic E-state index is 10.1. The molecule has 0 aliphatic carbocycles. The van der Waals surface area contributed by atoms with Crippen LogP contribution >= 0.6 is 15.9 Å². The van der Waals surface area contributed by atoms with Crippen molar-refractivity contribution in [2.24, 2.45) is 5.92 Å². The summed E-state index contributed by atoms with van der Waals surface area (Å²) in [5, 5.41) is 19.3. The van der Waals surface area contributed by atoms with Gasteiger partial charge in [0.15, 0.2) is 0 Å². The molecule has 0 spiro atoms. The van der Waals surface area contributed by atoms with E-state index < -0.39 is 5.60 Å². The highest BCUT2D eigenvalue weighted by Crippen LogP contribution is 2.34. The van der Waals surface area contributed by atoms with Crippen LogP contribution in [0.1, 0.15) is 25.8 Å². The Morgan fingerprint density at radius 3 is 2.78 bits per heavy atom. The van der Waals surface area contributed by atoms with Crippen LogP contribution in [0.2, 0.25) is 0 Å². The summed E-state index contributed by atoms with van der Waals surface area (Å²) in [4.78, 5) is 2.19. The number of aliphatic hydroxyl groups is 1. The Hall–Kier alpha value is -1.05. The lowest BCUT2D eigenvalue weighted by molar-refractivity contribution is 0.0263. The quantitative estimate of drug-likeness (QED) is 0.914. The third-order valence-corrected chi connectivity index (χ3v) is 4.29. The van der Waals surface area contributed by atoms with E-state index in [2.05, 4.69) is 26.9 Å². The van der Waals surface area contributed by atoms with Crippen LogP contribution in [-0.4, -0.2) is 23.8 Å². The van der Waals surface area contributed by atoms with Crippen LogP contribution in [0.15, 0.2) is 22.7 Å². The van der Waals surface area contributed by atoms with Crippen molar-refractivity contribution in [2.75, 3.05) is 18.0 Å². The lowest BCUT2D eigenvalue weighted by Crippen LogP contribution is -2.33. The van der Waals surface area contributed by atoms with Crippen LogP contribution < -0.4 is 4.90 Å². The first kappa shape index (κ1) is 13.4. The molecule has 1 aliphatic rings. The molecule has 1 N–H and O–H groups in total. The summed E-state index contributed by atoms with van der Waals surface area (Å²) in [5.74, 6) is 0.253. The maximum absolute atomic E-state index is 10.1. The average Bonchev–Trinajstić information content (AvgIpc) is 2.77. The van der Waals surface area contributed by atoms with E-state index in [9.17, 15) is 10.4 Å². The Kier molecular flexibility index (Phi) is 3.65. The highest BCUT2D eigenvalue weighted by atomic mass is 79.9. The van der Waals surface area contributed by atoms with Gasteiger partial charge < -0.3 is 10.0 Å². The molecule has 0 radical (unpaired) electrons. The molecule has 4 heteroatoms. The van der Waals surface area contributed by atoms with Gasteiger partial charge in [0.25, 0.3) is 0 Å². The van der Waals surface area contributed by atoms with Gasteiger partial charge in [0.1, 0.15) is 6.07 Å². The zero-order valence-corrected chi connectivity index (χ0v) is 12.2. The SMILES string of the molecule is CC(C)(O)C1CCN(c2cccc(Br)c2C#N)C1. The molecule has 2 rings (SSSR count). The smallest absolute Gasteiger partial charge is 0.103 e. The molecule has 1 unspecified atom stereocenters. The Bertz CT molecular complexity index is 488. The van der Waals surface area contributed by atoms with Gasteiger partial charge in [-0.05, 0) is 48.3 Å². The summed E-state index contributed by atoms with van der Waals surface area (Å²) in [6.45, 7) is 5.40. The van der Waals surface area contributed by atoms with Crippen molar-refractivity contribution in [1.82, 2.24) is 0 Å². The molecule has 1 aromatic carbocycles. The third kappa shape index (κ3) is 2.52. The molecule has 96 valence electrons. The summed E-state index contributed by atoms with van der Waals surface area (Å²) in [7, 11) is 0. The van der Waals surface area contributed by atoms with E-state index in [1.165, 1.54) is 0 Å². The van der Waals surface area contributed by atoms with Gasteiger partial charge in [0.05, 0.1) is 16.9 Å². The minimum absolute atomic E-state index is 0.253. The standard InChI is InChI=1S/C14H17BrN2O/c1-14(2,18)10-6-7-17(9-10)13-5-3-4-12(15)11(13)8-16/h3-5,10,18H,6-7,9H2,1-2H3. The zero-order chi connectivity index (χ0) is 13.3. The zero-order valence-electron chi connectivity index (χ0n) is 10.7. The van der Waals surface area contributed by atoms with Gasteiger partial charge in [-0.25, -0.2) is 0 Å². The van der Waals surface area contributed by atoms with Crippen LogP contribution in [0.4, 0.5) is 5.69 Å². The van der Waals surface area contributed by atoms with Gasteiger partial charge in [-0.2, -0.15) is 5.26 Å². The molecular weight excluding hydrogens is 292 g/mol. The topological polar surface area (TPSA) is 47.3 Å². The van der Waals surface area contributed by atoms with E-state index in [-0.39, 0.29) is 5.92 Å². The van der Waals surface area contributed by atoms with Crippen LogP contribution in [0, 0.1) is 17.2 Å². The van der Waals surface area contributed by atoms with E-state index >= 15 is 0 Å². The van der Waals surface area contributed by atoms with Crippen molar-refractivity contribution < 1.29 is 5.11 Å². The minimum atomic E-state index is -0.659. The van der Waals surface area contributed by atoms with Crippen molar-refractivity contribution in [3.05, 3.63) is 28.2 Å². The first-order valence-electron chi connectivity index (χ1n) is 6.09. The number of rotatable bonds is 2. The molecule has 3 nitrogen and oxygen atoms in total. The monoisotopic (exact) mass is 308 g/mol. The molecule has 0 amide bonds. The molecule has 1 atom stereocenters. The van der Waals surface area contributed by atoms with E-state index in [1.54, 1.807) is 0 Å². The fraction of sp³-hybridized carbons (Fsp3) is 0.500. The summed E-state index contributed by atoms with van der Waals surface area (Å²) in [6.07, 6.45) is 0.959. The Morgan fingerprint density at radius 1 is 1.50 bits per heavy atom. The van der Waals surface area contributed by atoms with Crippen molar-refractivity contribution >= 4 is 21.6 Å². The van der Waals surface area contributed by atoms with Crippen LogP contribution in [0.3, 0.4) is 0 Å². The first-order valence-corrected chi connectivity index (χ1v) is 6.88. The second kappa shape index (κ2) is 4.91. The molecule has 1 saturated heterocycles. The number of hydrogen-bond donors (Lipinski definition) is 1. The fourth-order valence-electron chi connectivity index (χ4n) is 2.44. The Labute approximate surface area is 116 Å². The van der Waals surface area contributed by atoms with Crippen molar-refractivity contribution in [2.45, 2.75) is 25.9 Å². The van der Waals surface area contributed by atoms with Gasteiger partial charge in [-0.15, -0.1) is 0 Å². The van der Waals surface area contributed by atoms with Gasteiger partial charge in [-0.1, -0.05) is 6.07 Å². The molecule has 0 bridgehead atoms. The molecular formula is C14H17BrN2O. The van der Waals surface area contributed by atoms with E-state index in [4.69, 9.17) is 0 Å². The highest BCUT2D eigenvalue weighted by molar-refractivity contribution is 9.10. The molecule has 1 aromatic rings. The maximum Gasteiger partial charge on any atom is 0.103 e. The lowest BCUT2D eigenvalue weighted by atomic mass is 9.90. The van der Waals surface area contributed by atoms with E-state index in [0.29, 0.717) is 5.56 Å². The predicted octanol–water partition coefficient (Wildman–Crippen LogP) is 2.92. The van der Waals surface area contributed by atoms with Crippen molar-refractivity contribution in [3.63, 3.8) is 0 Å². The second-order valence-electron chi connectivity index (χ2n) is 5.33. The van der Waals surface area contributed by atoms with Gasteiger partial charge in [-0.3, -0.25) is 0 Å². The number of nitriles is 1. The lowest BCUT2D eigenvalue weighted by Gasteiger charge is -2.26. The van der Waals surface area contributed by atoms with Crippen molar-refractivity contribution in [3.8, 4) is 6.07 Å². The Balaban J connectivity index is 2.26. The number of hydrogen-bond acceptors (Lipinski definition) is 3. The number of halogens is 1. The molecule has 1 fully saturated rings. The Morgan fingerprint density at radius 2 is 2.22 bits per heavy atom. The number of nitrogens with zero attached hydrogens (tertiary/aromatic N) is 2. The molecule has 0 aromatic heterocycles. The van der Waals surface area contributed by atoms with Gasteiger partial charge in [0.2, 0.25) is 0 Å². The molecule has 0 saturated carbocycles. The summed E-state index contributed by atoms with van der Waals surface area (Å²) in [6, 6.07) is 8.03.